The Kier molecular flexibility index (Phi) is 5.40. The molecule has 4 rings (SSSR count). The van der Waals surface area contributed by atoms with Crippen LogP contribution in [-0.4, -0.2) is 14.8 Å². The van der Waals surface area contributed by atoms with Crippen LogP contribution in [0.2, 0.25) is 0 Å². The first-order chi connectivity index (χ1) is 14.4. The van der Waals surface area contributed by atoms with Gasteiger partial charge in [0.15, 0.2) is 0 Å². The van der Waals surface area contributed by atoms with Crippen LogP contribution in [0.4, 0.5) is 0 Å². The predicted octanol–water partition coefficient (Wildman–Crippen LogP) is 6.16. The molecule has 0 N–H and O–H groups in total. The summed E-state index contributed by atoms with van der Waals surface area (Å²) in [6, 6.07) is 24.6. The minimum Gasteiger partial charge on any atom is -0.438 e. The second-order valence-corrected chi connectivity index (χ2v) is 8.50. The molecule has 2 heterocycles. The van der Waals surface area contributed by atoms with Crippen LogP contribution in [0.3, 0.4) is 0 Å². The topological polar surface area (TPSA) is 39.9 Å². The number of aromatic nitrogens is 3. The summed E-state index contributed by atoms with van der Waals surface area (Å²) in [6.07, 6.45) is 2.42. The normalized spacial score (nSPS) is 11.5. The molecule has 0 radical (unpaired) electrons. The van der Waals surface area contributed by atoms with Gasteiger partial charge in [-0.05, 0) is 29.2 Å². The van der Waals surface area contributed by atoms with Gasteiger partial charge < -0.3 is 4.74 Å². The quantitative estimate of drug-likeness (QED) is 0.405. The Balaban J connectivity index is 1.63. The third-order valence-corrected chi connectivity index (χ3v) is 5.12. The Hall–Kier alpha value is -3.40. The molecule has 0 spiro atoms. The number of rotatable bonds is 5. The molecular formula is C26H27N3O. The molecule has 0 bridgehead atoms. The Morgan fingerprint density at radius 3 is 2.40 bits per heavy atom. The lowest BCUT2D eigenvalue weighted by atomic mass is 9.86. The number of pyridine rings is 1. The van der Waals surface area contributed by atoms with Crippen molar-refractivity contribution in [3.63, 3.8) is 0 Å². The number of aryl methyl sites for hydroxylation is 1. The van der Waals surface area contributed by atoms with E-state index in [2.05, 4.69) is 56.1 Å². The van der Waals surface area contributed by atoms with Crippen molar-refractivity contribution < 1.29 is 4.74 Å². The fourth-order valence-electron chi connectivity index (χ4n) is 3.62. The van der Waals surface area contributed by atoms with Gasteiger partial charge in [-0.15, -0.1) is 0 Å². The zero-order valence-corrected chi connectivity index (χ0v) is 18.0. The lowest BCUT2D eigenvalue weighted by Crippen LogP contribution is -2.12. The molecule has 30 heavy (non-hydrogen) atoms. The zero-order valence-electron chi connectivity index (χ0n) is 18.0. The van der Waals surface area contributed by atoms with Gasteiger partial charge in [-0.3, -0.25) is 4.68 Å². The second-order valence-electron chi connectivity index (χ2n) is 8.50. The molecule has 0 aliphatic rings. The van der Waals surface area contributed by atoms with Crippen molar-refractivity contribution in [2.45, 2.75) is 32.6 Å². The number of hydrogen-bond acceptors (Lipinski definition) is 3. The van der Waals surface area contributed by atoms with E-state index in [1.54, 1.807) is 6.20 Å². The maximum atomic E-state index is 6.32. The van der Waals surface area contributed by atoms with E-state index >= 15 is 0 Å². The summed E-state index contributed by atoms with van der Waals surface area (Å²) in [7, 11) is 1.98. The van der Waals surface area contributed by atoms with Crippen molar-refractivity contribution in [3.05, 3.63) is 95.8 Å². The fraction of sp³-hybridized carbons (Fsp3) is 0.231. The van der Waals surface area contributed by atoms with Crippen molar-refractivity contribution in [3.8, 4) is 22.9 Å². The van der Waals surface area contributed by atoms with Gasteiger partial charge in [-0.25, -0.2) is 4.98 Å². The number of benzene rings is 2. The molecule has 4 nitrogen and oxygen atoms in total. The maximum absolute atomic E-state index is 6.32. The van der Waals surface area contributed by atoms with Crippen LogP contribution in [0, 0.1) is 0 Å². The molecular weight excluding hydrogens is 370 g/mol. The monoisotopic (exact) mass is 397 g/mol. The Morgan fingerprint density at radius 2 is 1.63 bits per heavy atom. The smallest absolute Gasteiger partial charge is 0.222 e. The average molecular weight is 398 g/mol. The number of ether oxygens (including phenoxy) is 1. The van der Waals surface area contributed by atoms with Gasteiger partial charge in [0.25, 0.3) is 0 Å². The van der Waals surface area contributed by atoms with Crippen molar-refractivity contribution in [1.82, 2.24) is 14.8 Å². The van der Waals surface area contributed by atoms with E-state index in [0.717, 1.165) is 33.8 Å². The van der Waals surface area contributed by atoms with E-state index in [0.29, 0.717) is 12.3 Å². The predicted molar refractivity (Wildman–Crippen MR) is 121 cm³/mol. The molecule has 0 aliphatic carbocycles. The minimum atomic E-state index is -0.0168. The highest BCUT2D eigenvalue weighted by Gasteiger charge is 2.20. The molecule has 2 aromatic heterocycles. The van der Waals surface area contributed by atoms with Gasteiger partial charge in [0.1, 0.15) is 5.75 Å². The highest BCUT2D eigenvalue weighted by molar-refractivity contribution is 5.60. The van der Waals surface area contributed by atoms with Crippen molar-refractivity contribution >= 4 is 0 Å². The molecule has 0 saturated carbocycles. The Bertz CT molecular complexity index is 1140. The second kappa shape index (κ2) is 8.15. The molecule has 0 atom stereocenters. The molecule has 4 aromatic rings. The first-order valence-corrected chi connectivity index (χ1v) is 10.2. The largest absolute Gasteiger partial charge is 0.438 e. The lowest BCUT2D eigenvalue weighted by molar-refractivity contribution is 0.435. The van der Waals surface area contributed by atoms with Crippen LogP contribution in [-0.2, 0) is 18.9 Å². The number of hydrogen-bond donors (Lipinski definition) is 0. The Morgan fingerprint density at radius 1 is 0.900 bits per heavy atom. The van der Waals surface area contributed by atoms with E-state index in [1.165, 1.54) is 0 Å². The van der Waals surface area contributed by atoms with Gasteiger partial charge in [-0.1, -0.05) is 75.4 Å². The molecule has 4 heteroatoms. The van der Waals surface area contributed by atoms with E-state index < -0.39 is 0 Å². The lowest BCUT2D eigenvalue weighted by Gasteiger charge is -2.22. The summed E-state index contributed by atoms with van der Waals surface area (Å²) in [6.45, 7) is 6.56. The minimum absolute atomic E-state index is 0.0168. The van der Waals surface area contributed by atoms with E-state index in [4.69, 9.17) is 9.84 Å². The summed E-state index contributed by atoms with van der Waals surface area (Å²) in [5, 5.41) is 4.72. The van der Waals surface area contributed by atoms with Crippen LogP contribution in [0.5, 0.6) is 11.6 Å². The van der Waals surface area contributed by atoms with Gasteiger partial charge in [-0.2, -0.15) is 5.10 Å². The van der Waals surface area contributed by atoms with Crippen molar-refractivity contribution in [2.24, 2.45) is 7.05 Å². The van der Waals surface area contributed by atoms with Crippen molar-refractivity contribution in [1.29, 1.82) is 0 Å². The summed E-state index contributed by atoms with van der Waals surface area (Å²) in [5.74, 6) is 1.47. The van der Waals surface area contributed by atoms with Crippen LogP contribution < -0.4 is 4.74 Å². The van der Waals surface area contributed by atoms with Gasteiger partial charge in [0.05, 0.1) is 11.4 Å². The zero-order chi connectivity index (χ0) is 21.1. The molecule has 0 saturated heterocycles. The summed E-state index contributed by atoms with van der Waals surface area (Å²) >= 11 is 0. The van der Waals surface area contributed by atoms with E-state index in [1.807, 2.05) is 54.2 Å². The first-order valence-electron chi connectivity index (χ1n) is 10.2. The Labute approximate surface area is 178 Å². The van der Waals surface area contributed by atoms with Crippen LogP contribution in [0.1, 0.15) is 37.6 Å². The molecule has 0 unspecified atom stereocenters. The highest BCUT2D eigenvalue weighted by Crippen LogP contribution is 2.34. The van der Waals surface area contributed by atoms with Gasteiger partial charge in [0, 0.05) is 30.8 Å². The molecule has 2 aromatic carbocycles. The van der Waals surface area contributed by atoms with Crippen LogP contribution >= 0.6 is 0 Å². The highest BCUT2D eigenvalue weighted by atomic mass is 16.5. The molecule has 152 valence electrons. The van der Waals surface area contributed by atoms with Crippen LogP contribution in [0.25, 0.3) is 11.3 Å². The van der Waals surface area contributed by atoms with Crippen LogP contribution in [0.15, 0.2) is 79.0 Å². The molecule has 0 aliphatic heterocycles. The van der Waals surface area contributed by atoms with Gasteiger partial charge in [0.2, 0.25) is 5.88 Å². The number of nitrogens with zero attached hydrogens (tertiary/aromatic N) is 3. The third kappa shape index (κ3) is 4.28. The SMILES string of the molecule is Cn1nc(Cc2cccnc2Oc2ccccc2C(C)(C)C)cc1-c1ccccc1. The van der Waals surface area contributed by atoms with E-state index in [9.17, 15) is 0 Å². The first kappa shape index (κ1) is 19.9. The van der Waals surface area contributed by atoms with E-state index in [-0.39, 0.29) is 5.41 Å². The summed E-state index contributed by atoms with van der Waals surface area (Å²) in [4.78, 5) is 4.52. The van der Waals surface area contributed by atoms with Gasteiger partial charge >= 0.3 is 0 Å². The molecule has 0 amide bonds. The number of para-hydroxylation sites is 1. The summed E-state index contributed by atoms with van der Waals surface area (Å²) < 4.78 is 8.24. The average Bonchev–Trinajstić information content (AvgIpc) is 3.10. The molecule has 0 fully saturated rings. The van der Waals surface area contributed by atoms with Crippen molar-refractivity contribution in [2.75, 3.05) is 0 Å². The maximum Gasteiger partial charge on any atom is 0.222 e. The standard InChI is InChI=1S/C26H27N3O/c1-26(2,3)22-14-8-9-15-24(22)30-25-20(13-10-16-27-25)17-21-18-23(29(4)28-21)19-11-6-5-7-12-19/h5-16,18H,17H2,1-4H3. The summed E-state index contributed by atoms with van der Waals surface area (Å²) in [5.41, 5.74) is 5.38. The fourth-order valence-corrected chi connectivity index (χ4v) is 3.62. The third-order valence-electron chi connectivity index (χ3n) is 5.12.